The molecule has 1 unspecified atom stereocenters. The van der Waals surface area contributed by atoms with Gasteiger partial charge in [-0.2, -0.15) is 0 Å². The number of hydrogen-bond donors (Lipinski definition) is 1. The zero-order chi connectivity index (χ0) is 13.1. The Balaban J connectivity index is 2.13. The molecule has 0 radical (unpaired) electrons. The summed E-state index contributed by atoms with van der Waals surface area (Å²) in [6.45, 7) is 7.30. The maximum atomic E-state index is 5.96. The Hall–Kier alpha value is -1.000. The smallest absolute Gasteiger partial charge is 0.203 e. The van der Waals surface area contributed by atoms with Gasteiger partial charge in [0, 0.05) is 17.6 Å². The van der Waals surface area contributed by atoms with Crippen molar-refractivity contribution in [3.8, 4) is 0 Å². The topological polar surface area (TPSA) is 29.9 Å². The molecule has 2 rings (SSSR count). The predicted molar refractivity (Wildman–Crippen MR) is 78.6 cm³/mol. The molecular formula is C13H18ClN3S. The molecule has 98 valence electrons. The first kappa shape index (κ1) is 13.4. The maximum Gasteiger partial charge on any atom is 0.203 e. The molecule has 2 aromatic rings. The minimum atomic E-state index is 0.222. The first-order chi connectivity index (χ1) is 8.60. The Morgan fingerprint density at radius 1 is 1.50 bits per heavy atom. The van der Waals surface area contributed by atoms with Crippen LogP contribution in [0.4, 0.5) is 5.95 Å². The van der Waals surface area contributed by atoms with Gasteiger partial charge in [0.05, 0.1) is 16.1 Å². The van der Waals surface area contributed by atoms with Crippen molar-refractivity contribution in [2.24, 2.45) is 0 Å². The summed E-state index contributed by atoms with van der Waals surface area (Å²) in [6.07, 6.45) is 3.18. The van der Waals surface area contributed by atoms with E-state index in [1.165, 1.54) is 4.88 Å². The minimum absolute atomic E-state index is 0.222. The molecule has 0 aliphatic rings. The van der Waals surface area contributed by atoms with E-state index in [4.69, 9.17) is 11.6 Å². The standard InChI is InChI=1S/C13H18ClN3S/c1-4-7-17-8-9(2)15-13(17)16-10(3)11-5-6-12(14)18-11/h5-6,8,10H,4,7H2,1-3H3,(H,15,16). The second-order valence-electron chi connectivity index (χ2n) is 4.41. The van der Waals surface area contributed by atoms with Crippen molar-refractivity contribution in [2.75, 3.05) is 5.32 Å². The number of aryl methyl sites for hydroxylation is 2. The van der Waals surface area contributed by atoms with Crippen LogP contribution in [0.25, 0.3) is 0 Å². The Morgan fingerprint density at radius 2 is 2.28 bits per heavy atom. The lowest BCUT2D eigenvalue weighted by Gasteiger charge is -2.14. The number of aromatic nitrogens is 2. The van der Waals surface area contributed by atoms with Crippen LogP contribution in [-0.4, -0.2) is 9.55 Å². The van der Waals surface area contributed by atoms with E-state index >= 15 is 0 Å². The Bertz CT molecular complexity index is 518. The van der Waals surface area contributed by atoms with Gasteiger partial charge >= 0.3 is 0 Å². The van der Waals surface area contributed by atoms with Gasteiger partial charge in [-0.15, -0.1) is 11.3 Å². The summed E-state index contributed by atoms with van der Waals surface area (Å²) in [7, 11) is 0. The summed E-state index contributed by atoms with van der Waals surface area (Å²) in [4.78, 5) is 5.75. The fourth-order valence-electron chi connectivity index (χ4n) is 1.90. The molecule has 0 spiro atoms. The number of nitrogens with zero attached hydrogens (tertiary/aromatic N) is 2. The van der Waals surface area contributed by atoms with E-state index in [1.54, 1.807) is 11.3 Å². The lowest BCUT2D eigenvalue weighted by Crippen LogP contribution is -2.10. The third kappa shape index (κ3) is 3.06. The molecule has 5 heteroatoms. The van der Waals surface area contributed by atoms with Crippen molar-refractivity contribution in [2.45, 2.75) is 39.8 Å². The number of rotatable bonds is 5. The summed E-state index contributed by atoms with van der Waals surface area (Å²) >= 11 is 7.57. The number of nitrogens with one attached hydrogen (secondary N) is 1. The molecule has 3 nitrogen and oxygen atoms in total. The summed E-state index contributed by atoms with van der Waals surface area (Å²) < 4.78 is 2.99. The molecule has 0 aromatic carbocycles. The van der Waals surface area contributed by atoms with Gasteiger partial charge in [0.1, 0.15) is 0 Å². The highest BCUT2D eigenvalue weighted by atomic mass is 35.5. The van der Waals surface area contributed by atoms with Crippen LogP contribution < -0.4 is 5.32 Å². The van der Waals surface area contributed by atoms with Crippen molar-refractivity contribution < 1.29 is 0 Å². The van der Waals surface area contributed by atoms with E-state index < -0.39 is 0 Å². The van der Waals surface area contributed by atoms with Crippen LogP contribution in [-0.2, 0) is 6.54 Å². The van der Waals surface area contributed by atoms with Crippen LogP contribution in [0.2, 0.25) is 4.34 Å². The third-order valence-corrected chi connectivity index (χ3v) is 4.14. The van der Waals surface area contributed by atoms with Crippen molar-refractivity contribution in [1.29, 1.82) is 0 Å². The Labute approximate surface area is 117 Å². The van der Waals surface area contributed by atoms with Gasteiger partial charge < -0.3 is 9.88 Å². The molecule has 0 aliphatic carbocycles. The molecule has 18 heavy (non-hydrogen) atoms. The highest BCUT2D eigenvalue weighted by molar-refractivity contribution is 7.16. The number of thiophene rings is 1. The first-order valence-corrected chi connectivity index (χ1v) is 7.35. The average molecular weight is 284 g/mol. The molecular weight excluding hydrogens is 266 g/mol. The second kappa shape index (κ2) is 5.76. The molecule has 0 saturated heterocycles. The van der Waals surface area contributed by atoms with Gasteiger partial charge in [-0.3, -0.25) is 0 Å². The van der Waals surface area contributed by atoms with Gasteiger partial charge in [-0.25, -0.2) is 4.98 Å². The molecule has 0 aliphatic heterocycles. The van der Waals surface area contributed by atoms with Crippen LogP contribution in [0.3, 0.4) is 0 Å². The summed E-state index contributed by atoms with van der Waals surface area (Å²) in [5.74, 6) is 0.936. The normalized spacial score (nSPS) is 12.7. The summed E-state index contributed by atoms with van der Waals surface area (Å²) in [5, 5.41) is 3.45. The van der Waals surface area contributed by atoms with Crippen LogP contribution >= 0.6 is 22.9 Å². The number of hydrogen-bond acceptors (Lipinski definition) is 3. The van der Waals surface area contributed by atoms with Gasteiger partial charge in [-0.05, 0) is 32.4 Å². The van der Waals surface area contributed by atoms with E-state index in [-0.39, 0.29) is 6.04 Å². The van der Waals surface area contributed by atoms with E-state index in [9.17, 15) is 0 Å². The molecule has 1 N–H and O–H groups in total. The fourth-order valence-corrected chi connectivity index (χ4v) is 2.96. The monoisotopic (exact) mass is 283 g/mol. The van der Waals surface area contributed by atoms with Crippen LogP contribution in [0, 0.1) is 6.92 Å². The zero-order valence-corrected chi connectivity index (χ0v) is 12.5. The largest absolute Gasteiger partial charge is 0.348 e. The van der Waals surface area contributed by atoms with Crippen LogP contribution in [0.15, 0.2) is 18.3 Å². The zero-order valence-electron chi connectivity index (χ0n) is 10.9. The molecule has 2 aromatic heterocycles. The highest BCUT2D eigenvalue weighted by Gasteiger charge is 2.12. The lowest BCUT2D eigenvalue weighted by molar-refractivity contribution is 0.675. The third-order valence-electron chi connectivity index (χ3n) is 2.73. The van der Waals surface area contributed by atoms with E-state index in [0.29, 0.717) is 0 Å². The van der Waals surface area contributed by atoms with Crippen molar-refractivity contribution in [3.63, 3.8) is 0 Å². The van der Waals surface area contributed by atoms with E-state index in [0.717, 1.165) is 28.9 Å². The Morgan fingerprint density at radius 3 is 2.89 bits per heavy atom. The lowest BCUT2D eigenvalue weighted by atomic mass is 10.3. The maximum absolute atomic E-state index is 5.96. The van der Waals surface area contributed by atoms with Crippen molar-refractivity contribution in [1.82, 2.24) is 9.55 Å². The first-order valence-electron chi connectivity index (χ1n) is 6.15. The van der Waals surface area contributed by atoms with Crippen LogP contribution in [0.1, 0.15) is 36.9 Å². The van der Waals surface area contributed by atoms with Gasteiger partial charge in [0.2, 0.25) is 5.95 Å². The predicted octanol–water partition coefficient (Wildman–Crippen LogP) is 4.49. The molecule has 0 fully saturated rings. The van der Waals surface area contributed by atoms with Crippen molar-refractivity contribution in [3.05, 3.63) is 33.2 Å². The summed E-state index contributed by atoms with van der Waals surface area (Å²) in [6, 6.07) is 4.22. The average Bonchev–Trinajstić information content (AvgIpc) is 2.87. The van der Waals surface area contributed by atoms with Gasteiger partial charge in [-0.1, -0.05) is 18.5 Å². The highest BCUT2D eigenvalue weighted by Crippen LogP contribution is 2.28. The second-order valence-corrected chi connectivity index (χ2v) is 6.15. The van der Waals surface area contributed by atoms with Crippen LogP contribution in [0.5, 0.6) is 0 Å². The SMILES string of the molecule is CCCn1cc(C)nc1NC(C)c1ccc(Cl)s1. The Kier molecular flexibility index (Phi) is 4.30. The number of imidazole rings is 1. The quantitative estimate of drug-likeness (QED) is 0.876. The van der Waals surface area contributed by atoms with Gasteiger partial charge in [0.15, 0.2) is 0 Å². The molecule has 0 amide bonds. The molecule has 0 saturated carbocycles. The molecule has 1 atom stereocenters. The van der Waals surface area contributed by atoms with Crippen molar-refractivity contribution >= 4 is 28.9 Å². The van der Waals surface area contributed by atoms with E-state index in [1.807, 2.05) is 13.0 Å². The number of halogens is 1. The molecule has 2 heterocycles. The number of anilines is 1. The minimum Gasteiger partial charge on any atom is -0.348 e. The van der Waals surface area contributed by atoms with E-state index in [2.05, 4.69) is 41.0 Å². The fraction of sp³-hybridized carbons (Fsp3) is 0.462. The summed E-state index contributed by atoms with van der Waals surface area (Å²) in [5.41, 5.74) is 1.04. The van der Waals surface area contributed by atoms with Gasteiger partial charge in [0.25, 0.3) is 0 Å². The molecule has 0 bridgehead atoms.